The predicted octanol–water partition coefficient (Wildman–Crippen LogP) is 17.7. The van der Waals surface area contributed by atoms with Crippen molar-refractivity contribution in [1.29, 1.82) is 0 Å². The number of fused-ring (bicyclic) bond motifs is 9. The van der Waals surface area contributed by atoms with E-state index in [-0.39, 0.29) is 0 Å². The van der Waals surface area contributed by atoms with Crippen molar-refractivity contribution in [3.63, 3.8) is 0 Å². The molecule has 0 amide bonds. The van der Waals surface area contributed by atoms with Crippen LogP contribution in [0.5, 0.6) is 0 Å². The minimum atomic E-state index is 0.722. The third-order valence-corrected chi connectivity index (χ3v) is 15.0. The summed E-state index contributed by atoms with van der Waals surface area (Å²) in [6, 6.07) is 81.9. The van der Waals surface area contributed by atoms with E-state index in [2.05, 4.69) is 266 Å². The molecule has 0 radical (unpaired) electrons. The molecule has 5 nitrogen and oxygen atoms in total. The first-order chi connectivity index (χ1) is 35.8. The van der Waals surface area contributed by atoms with E-state index in [4.69, 9.17) is 9.97 Å². The summed E-state index contributed by atoms with van der Waals surface area (Å²) in [5.41, 5.74) is 22.7. The van der Waals surface area contributed by atoms with Gasteiger partial charge in [0.15, 0.2) is 5.82 Å². The van der Waals surface area contributed by atoms with Crippen molar-refractivity contribution in [3.8, 4) is 62.1 Å². The summed E-state index contributed by atoms with van der Waals surface area (Å²) in [6.45, 7) is 8.73. The lowest BCUT2D eigenvalue weighted by Gasteiger charge is -2.17. The Bertz CT molecular complexity index is 4200. The highest BCUT2D eigenvalue weighted by Crippen LogP contribution is 2.41. The van der Waals surface area contributed by atoms with Gasteiger partial charge < -0.3 is 13.7 Å². The minimum Gasteiger partial charge on any atom is -0.309 e. The van der Waals surface area contributed by atoms with Gasteiger partial charge in [0.25, 0.3) is 0 Å². The Labute approximate surface area is 423 Å². The van der Waals surface area contributed by atoms with Gasteiger partial charge in [0.05, 0.1) is 44.5 Å². The molecule has 5 heteroatoms. The van der Waals surface area contributed by atoms with Crippen LogP contribution in [0.25, 0.3) is 128 Å². The summed E-state index contributed by atoms with van der Waals surface area (Å²) in [7, 11) is 0. The average molecular weight is 936 g/mol. The van der Waals surface area contributed by atoms with Crippen molar-refractivity contribution in [2.24, 2.45) is 0 Å². The maximum absolute atomic E-state index is 5.16. The average Bonchev–Trinajstić information content (AvgIpc) is 4.06. The molecule has 0 aliphatic heterocycles. The number of aromatic nitrogens is 5. The molecule has 0 unspecified atom stereocenters. The number of nitrogens with zero attached hydrogens (tertiary/aromatic N) is 5. The van der Waals surface area contributed by atoms with Crippen LogP contribution in [0.2, 0.25) is 0 Å². The van der Waals surface area contributed by atoms with Gasteiger partial charge in [-0.3, -0.25) is 0 Å². The van der Waals surface area contributed by atoms with Crippen molar-refractivity contribution in [1.82, 2.24) is 23.7 Å². The van der Waals surface area contributed by atoms with Gasteiger partial charge in [0.2, 0.25) is 0 Å². The lowest BCUT2D eigenvalue weighted by molar-refractivity contribution is 1.13. The summed E-state index contributed by atoms with van der Waals surface area (Å²) >= 11 is 0. The van der Waals surface area contributed by atoms with E-state index < -0.39 is 0 Å². The molecule has 10 aromatic carbocycles. The summed E-state index contributed by atoms with van der Waals surface area (Å²) < 4.78 is 7.34. The normalized spacial score (nSPS) is 11.8. The Hall–Kier alpha value is -9.32. The largest absolute Gasteiger partial charge is 0.309 e. The van der Waals surface area contributed by atoms with Crippen molar-refractivity contribution < 1.29 is 0 Å². The standard InChI is InChI=1S/C68H49N5/c1-42-15-13-17-48(35-42)60-41-59(69-68(70-60)49-18-14-16-43(2)36-49)47-29-27-46(28-30-47)56-37-45(4)67(38-44(56)3)73-65-33-31-50(71-61-23-9-5-19-52(61)53-20-6-10-24-62(53)71)39-57(65)58-40-51(32-34-66(58)73)72-63-25-11-7-21-54(63)55-22-8-12-26-64(55)72/h5-41H,1-4H3. The number of benzene rings is 10. The Balaban J connectivity index is 0.912. The molecule has 14 aromatic rings. The van der Waals surface area contributed by atoms with E-state index in [1.54, 1.807) is 0 Å². The van der Waals surface area contributed by atoms with E-state index in [1.807, 2.05) is 0 Å². The molecule has 4 heterocycles. The number of hydrogen-bond acceptors (Lipinski definition) is 2. The molecule has 4 aromatic heterocycles. The molecule has 0 aliphatic rings. The molecular weight excluding hydrogens is 887 g/mol. The SMILES string of the molecule is Cc1cccc(-c2cc(-c3ccc(-c4cc(C)c(-n5c6ccc(-n7c8ccccc8c8ccccc87)cc6c6cc(-n7c8ccccc8c8ccccc87)ccc65)cc4C)cc3)nc(-c3cccc(C)c3)n2)c1. The third-order valence-electron chi connectivity index (χ3n) is 15.0. The molecule has 0 fully saturated rings. The Morgan fingerprint density at radius 1 is 0.288 bits per heavy atom. The first-order valence-corrected chi connectivity index (χ1v) is 25.1. The van der Waals surface area contributed by atoms with Gasteiger partial charge in [-0.2, -0.15) is 0 Å². The monoisotopic (exact) mass is 935 g/mol. The minimum absolute atomic E-state index is 0.722. The first kappa shape index (κ1) is 42.5. The van der Waals surface area contributed by atoms with E-state index in [1.165, 1.54) is 98.9 Å². The molecule has 0 saturated carbocycles. The van der Waals surface area contributed by atoms with Crippen LogP contribution in [0, 0.1) is 27.7 Å². The molecule has 346 valence electrons. The third kappa shape index (κ3) is 6.92. The number of aryl methyl sites for hydroxylation is 4. The highest BCUT2D eigenvalue weighted by atomic mass is 15.0. The highest BCUT2D eigenvalue weighted by Gasteiger charge is 2.21. The predicted molar refractivity (Wildman–Crippen MR) is 306 cm³/mol. The lowest BCUT2D eigenvalue weighted by Crippen LogP contribution is -2.00. The van der Waals surface area contributed by atoms with Gasteiger partial charge in [0.1, 0.15) is 0 Å². The molecule has 14 rings (SSSR count). The number of para-hydroxylation sites is 4. The summed E-state index contributed by atoms with van der Waals surface area (Å²) in [5.74, 6) is 0.722. The van der Waals surface area contributed by atoms with Crippen molar-refractivity contribution in [2.45, 2.75) is 27.7 Å². The molecule has 0 aliphatic carbocycles. The van der Waals surface area contributed by atoms with E-state index >= 15 is 0 Å². The zero-order valence-corrected chi connectivity index (χ0v) is 41.1. The van der Waals surface area contributed by atoms with Crippen LogP contribution in [-0.2, 0) is 0 Å². The van der Waals surface area contributed by atoms with Crippen LogP contribution in [0.3, 0.4) is 0 Å². The fraction of sp³-hybridized carbons (Fsp3) is 0.0588. The van der Waals surface area contributed by atoms with E-state index in [0.717, 1.165) is 50.8 Å². The van der Waals surface area contributed by atoms with Crippen molar-refractivity contribution in [3.05, 3.63) is 247 Å². The van der Waals surface area contributed by atoms with Gasteiger partial charge in [-0.05, 0) is 141 Å². The van der Waals surface area contributed by atoms with Gasteiger partial charge in [0, 0.05) is 66.1 Å². The second-order valence-electron chi connectivity index (χ2n) is 19.7. The van der Waals surface area contributed by atoms with Crippen LogP contribution >= 0.6 is 0 Å². The van der Waals surface area contributed by atoms with Crippen molar-refractivity contribution >= 4 is 65.4 Å². The Morgan fingerprint density at radius 3 is 1.23 bits per heavy atom. The molecular formula is C68H49N5. The highest BCUT2D eigenvalue weighted by molar-refractivity contribution is 6.14. The van der Waals surface area contributed by atoms with Crippen LogP contribution in [0.4, 0.5) is 0 Å². The van der Waals surface area contributed by atoms with Crippen LogP contribution < -0.4 is 0 Å². The molecule has 73 heavy (non-hydrogen) atoms. The van der Waals surface area contributed by atoms with Gasteiger partial charge in [-0.15, -0.1) is 0 Å². The Morgan fingerprint density at radius 2 is 0.726 bits per heavy atom. The molecule has 0 atom stereocenters. The summed E-state index contributed by atoms with van der Waals surface area (Å²) in [4.78, 5) is 10.3. The van der Waals surface area contributed by atoms with E-state index in [0.29, 0.717) is 0 Å². The van der Waals surface area contributed by atoms with Crippen LogP contribution in [0.15, 0.2) is 224 Å². The molecule has 0 N–H and O–H groups in total. The number of hydrogen-bond donors (Lipinski definition) is 0. The topological polar surface area (TPSA) is 40.6 Å². The molecule has 0 bridgehead atoms. The van der Waals surface area contributed by atoms with E-state index in [9.17, 15) is 0 Å². The summed E-state index contributed by atoms with van der Waals surface area (Å²) in [5, 5.41) is 7.42. The zero-order chi connectivity index (χ0) is 48.9. The molecule has 0 spiro atoms. The smallest absolute Gasteiger partial charge is 0.160 e. The fourth-order valence-corrected chi connectivity index (χ4v) is 11.6. The van der Waals surface area contributed by atoms with Gasteiger partial charge in [-0.1, -0.05) is 145 Å². The Kier molecular flexibility index (Phi) is 9.70. The van der Waals surface area contributed by atoms with Crippen LogP contribution in [-0.4, -0.2) is 23.7 Å². The van der Waals surface area contributed by atoms with Gasteiger partial charge in [-0.25, -0.2) is 9.97 Å². The van der Waals surface area contributed by atoms with Crippen molar-refractivity contribution in [2.75, 3.05) is 0 Å². The van der Waals surface area contributed by atoms with Crippen LogP contribution in [0.1, 0.15) is 22.3 Å². The molecule has 0 saturated heterocycles. The first-order valence-electron chi connectivity index (χ1n) is 25.1. The summed E-state index contributed by atoms with van der Waals surface area (Å²) in [6.07, 6.45) is 0. The maximum atomic E-state index is 5.16. The van der Waals surface area contributed by atoms with Gasteiger partial charge >= 0.3 is 0 Å². The second kappa shape index (κ2) is 16.6. The maximum Gasteiger partial charge on any atom is 0.160 e. The second-order valence-corrected chi connectivity index (χ2v) is 19.7. The quantitative estimate of drug-likeness (QED) is 0.160. The number of rotatable bonds is 7. The zero-order valence-electron chi connectivity index (χ0n) is 41.1. The lowest BCUT2D eigenvalue weighted by atomic mass is 9.95. The fourth-order valence-electron chi connectivity index (χ4n) is 11.6.